The fourth-order valence-corrected chi connectivity index (χ4v) is 2.39. The number of hydrogen-bond acceptors (Lipinski definition) is 3. The topological polar surface area (TPSA) is 30.5 Å². The first-order valence-corrected chi connectivity index (χ1v) is 6.75. The van der Waals surface area contributed by atoms with Crippen LogP contribution in [0.4, 0.5) is 0 Å². The van der Waals surface area contributed by atoms with Crippen LogP contribution in [0.15, 0.2) is 18.2 Å². The van der Waals surface area contributed by atoms with E-state index < -0.39 is 0 Å². The van der Waals surface area contributed by atoms with Gasteiger partial charge in [0.05, 0.1) is 13.7 Å². The van der Waals surface area contributed by atoms with Gasteiger partial charge < -0.3 is 14.8 Å². The summed E-state index contributed by atoms with van der Waals surface area (Å²) in [4.78, 5) is 0. The van der Waals surface area contributed by atoms with Gasteiger partial charge in [0.15, 0.2) is 11.5 Å². The van der Waals surface area contributed by atoms with Crippen LogP contribution in [-0.4, -0.2) is 27.3 Å². The van der Waals surface area contributed by atoms with Crippen LogP contribution < -0.4 is 14.8 Å². The Morgan fingerprint density at radius 1 is 1.33 bits per heavy atom. The van der Waals surface area contributed by atoms with Crippen LogP contribution in [0.3, 0.4) is 0 Å². The van der Waals surface area contributed by atoms with Gasteiger partial charge in [-0.2, -0.15) is 0 Å². The molecule has 1 aliphatic carbocycles. The second kappa shape index (κ2) is 6.10. The zero-order valence-electron chi connectivity index (χ0n) is 11.5. The van der Waals surface area contributed by atoms with E-state index in [4.69, 9.17) is 9.47 Å². The van der Waals surface area contributed by atoms with E-state index in [2.05, 4.69) is 24.4 Å². The zero-order valence-corrected chi connectivity index (χ0v) is 11.5. The van der Waals surface area contributed by atoms with Gasteiger partial charge >= 0.3 is 0 Å². The van der Waals surface area contributed by atoms with Crippen molar-refractivity contribution in [1.29, 1.82) is 0 Å². The van der Waals surface area contributed by atoms with E-state index in [0.717, 1.165) is 37.0 Å². The molecule has 3 nitrogen and oxygen atoms in total. The van der Waals surface area contributed by atoms with Crippen LogP contribution in [0.2, 0.25) is 0 Å². The lowest BCUT2D eigenvalue weighted by atomic mass is 10.1. The van der Waals surface area contributed by atoms with Crippen molar-refractivity contribution in [2.45, 2.75) is 25.7 Å². The first-order chi connectivity index (χ1) is 8.80. The van der Waals surface area contributed by atoms with Crippen LogP contribution in [0, 0.1) is 5.92 Å². The normalized spacial score (nSPS) is 21.7. The average molecular weight is 249 g/mol. The quantitative estimate of drug-likeness (QED) is 0.806. The zero-order chi connectivity index (χ0) is 13.0. The van der Waals surface area contributed by atoms with Gasteiger partial charge in [-0.3, -0.25) is 0 Å². The minimum Gasteiger partial charge on any atom is -0.493 e. The Hall–Kier alpha value is -1.22. The summed E-state index contributed by atoms with van der Waals surface area (Å²) in [6.45, 7) is 3.94. The molecule has 0 aromatic heterocycles. The molecule has 1 N–H and O–H groups in total. The minimum absolute atomic E-state index is 0.687. The maximum atomic E-state index is 5.67. The lowest BCUT2D eigenvalue weighted by molar-refractivity contribution is 0.294. The maximum Gasteiger partial charge on any atom is 0.161 e. The van der Waals surface area contributed by atoms with Crippen LogP contribution in [0.5, 0.6) is 11.5 Å². The third-order valence-corrected chi connectivity index (χ3v) is 3.47. The molecule has 1 saturated carbocycles. The van der Waals surface area contributed by atoms with Gasteiger partial charge in [0.25, 0.3) is 0 Å². The lowest BCUT2D eigenvalue weighted by Crippen LogP contribution is -2.10. The smallest absolute Gasteiger partial charge is 0.161 e. The molecule has 2 unspecified atom stereocenters. The van der Waals surface area contributed by atoms with E-state index in [1.807, 2.05) is 13.1 Å². The Morgan fingerprint density at radius 3 is 2.83 bits per heavy atom. The van der Waals surface area contributed by atoms with Gasteiger partial charge in [0.2, 0.25) is 0 Å². The Bertz CT molecular complexity index is 392. The number of ether oxygens (including phenoxy) is 2. The number of hydrogen-bond donors (Lipinski definition) is 1. The van der Waals surface area contributed by atoms with Crippen molar-refractivity contribution in [3.63, 3.8) is 0 Å². The van der Waals surface area contributed by atoms with Crippen molar-refractivity contribution in [1.82, 2.24) is 5.32 Å². The Kier molecular flexibility index (Phi) is 4.48. The molecule has 0 radical (unpaired) electrons. The minimum atomic E-state index is 0.687. The molecule has 2 rings (SSSR count). The second-order valence-corrected chi connectivity index (χ2v) is 4.92. The molecule has 0 spiro atoms. The van der Waals surface area contributed by atoms with Crippen molar-refractivity contribution in [3.05, 3.63) is 23.8 Å². The van der Waals surface area contributed by atoms with Gasteiger partial charge in [0.1, 0.15) is 0 Å². The van der Waals surface area contributed by atoms with E-state index in [9.17, 15) is 0 Å². The molecule has 18 heavy (non-hydrogen) atoms. The molecule has 100 valence electrons. The molecular weight excluding hydrogens is 226 g/mol. The molecule has 0 aliphatic heterocycles. The summed E-state index contributed by atoms with van der Waals surface area (Å²) in [6.07, 6.45) is 2.29. The largest absolute Gasteiger partial charge is 0.493 e. The highest BCUT2D eigenvalue weighted by atomic mass is 16.5. The van der Waals surface area contributed by atoms with Gasteiger partial charge in [-0.15, -0.1) is 0 Å². The van der Waals surface area contributed by atoms with Crippen LogP contribution in [0.1, 0.15) is 31.2 Å². The van der Waals surface area contributed by atoms with E-state index in [1.165, 1.54) is 12.0 Å². The van der Waals surface area contributed by atoms with E-state index in [1.54, 1.807) is 7.11 Å². The summed E-state index contributed by atoms with van der Waals surface area (Å²) in [6, 6.07) is 6.34. The van der Waals surface area contributed by atoms with Gasteiger partial charge in [-0.1, -0.05) is 13.0 Å². The van der Waals surface area contributed by atoms with E-state index in [0.29, 0.717) is 5.92 Å². The monoisotopic (exact) mass is 249 g/mol. The molecule has 0 heterocycles. The van der Waals surface area contributed by atoms with Crippen LogP contribution in [0.25, 0.3) is 0 Å². The van der Waals surface area contributed by atoms with Crippen molar-refractivity contribution in [2.75, 3.05) is 27.3 Å². The number of rotatable bonds is 7. The number of nitrogens with one attached hydrogen (secondary N) is 1. The number of methoxy groups -OCH3 is 1. The SMILES string of the molecule is CCCOc1ccc(C2CC2CNC)cc1OC. The summed E-state index contributed by atoms with van der Waals surface area (Å²) < 4.78 is 11.1. The van der Waals surface area contributed by atoms with E-state index >= 15 is 0 Å². The maximum absolute atomic E-state index is 5.67. The molecule has 1 aliphatic rings. The Labute approximate surface area is 109 Å². The first-order valence-electron chi connectivity index (χ1n) is 6.75. The molecular formula is C15H23NO2. The molecule has 0 amide bonds. The standard InChI is InChI=1S/C15H23NO2/c1-4-7-18-14-6-5-11(9-15(14)17-3)13-8-12(13)10-16-2/h5-6,9,12-13,16H,4,7-8,10H2,1-3H3. The average Bonchev–Trinajstić information content (AvgIpc) is 3.16. The fourth-order valence-electron chi connectivity index (χ4n) is 2.39. The van der Waals surface area contributed by atoms with Gasteiger partial charge in [0, 0.05) is 0 Å². The molecule has 0 saturated heterocycles. The van der Waals surface area contributed by atoms with Crippen molar-refractivity contribution >= 4 is 0 Å². The summed E-state index contributed by atoms with van der Waals surface area (Å²) >= 11 is 0. The predicted molar refractivity (Wildman–Crippen MR) is 73.6 cm³/mol. The van der Waals surface area contributed by atoms with E-state index in [-0.39, 0.29) is 0 Å². The summed E-state index contributed by atoms with van der Waals surface area (Å²) in [7, 11) is 3.72. The lowest BCUT2D eigenvalue weighted by Gasteiger charge is -2.11. The Morgan fingerprint density at radius 2 is 2.17 bits per heavy atom. The highest BCUT2D eigenvalue weighted by Gasteiger charge is 2.37. The molecule has 2 atom stereocenters. The van der Waals surface area contributed by atoms with Crippen molar-refractivity contribution < 1.29 is 9.47 Å². The highest BCUT2D eigenvalue weighted by molar-refractivity contribution is 5.45. The third kappa shape index (κ3) is 2.96. The summed E-state index contributed by atoms with van der Waals surface area (Å²) in [5.41, 5.74) is 1.37. The van der Waals surface area contributed by atoms with Crippen molar-refractivity contribution in [2.24, 2.45) is 5.92 Å². The predicted octanol–water partition coefficient (Wildman–Crippen LogP) is 2.81. The van der Waals surface area contributed by atoms with Gasteiger partial charge in [-0.05, 0) is 56.0 Å². The number of benzene rings is 1. The highest BCUT2D eigenvalue weighted by Crippen LogP contribution is 2.48. The molecule has 1 fully saturated rings. The fraction of sp³-hybridized carbons (Fsp3) is 0.600. The molecule has 1 aromatic rings. The summed E-state index contributed by atoms with van der Waals surface area (Å²) in [5.74, 6) is 3.18. The van der Waals surface area contributed by atoms with Gasteiger partial charge in [-0.25, -0.2) is 0 Å². The molecule has 0 bridgehead atoms. The third-order valence-electron chi connectivity index (χ3n) is 3.47. The van der Waals surface area contributed by atoms with Crippen LogP contribution >= 0.6 is 0 Å². The van der Waals surface area contributed by atoms with Crippen molar-refractivity contribution in [3.8, 4) is 11.5 Å². The Balaban J connectivity index is 2.05. The summed E-state index contributed by atoms with van der Waals surface area (Å²) in [5, 5.41) is 3.24. The molecule has 3 heteroatoms. The molecule has 1 aromatic carbocycles. The first kappa shape index (κ1) is 13.2. The van der Waals surface area contributed by atoms with Crippen LogP contribution in [-0.2, 0) is 0 Å². The second-order valence-electron chi connectivity index (χ2n) is 4.92.